The zero-order valence-corrected chi connectivity index (χ0v) is 17.7. The van der Waals surface area contributed by atoms with Gasteiger partial charge in [0.1, 0.15) is 11.5 Å². The molecule has 0 aromatic heterocycles. The standard InChI is InChI=1S/C20H24Cl2O4S/c1-27(24,25)10-18(23)15-5-17(22)19(6-16(15)21)26-11-20-7-12-2-13(8-20)4-14(3-12)9-20/h5-6,12-14H,2-4,7-11H2,1H3. The molecular formula is C20H24Cl2O4S. The molecule has 0 spiro atoms. The summed E-state index contributed by atoms with van der Waals surface area (Å²) in [6.45, 7) is 0.628. The van der Waals surface area contributed by atoms with Crippen molar-refractivity contribution in [2.75, 3.05) is 18.6 Å². The van der Waals surface area contributed by atoms with Gasteiger partial charge < -0.3 is 4.74 Å². The molecule has 7 heteroatoms. The number of sulfone groups is 1. The fourth-order valence-electron chi connectivity index (χ4n) is 5.87. The first-order valence-electron chi connectivity index (χ1n) is 9.45. The molecule has 0 radical (unpaired) electrons. The van der Waals surface area contributed by atoms with E-state index in [1.54, 1.807) is 6.07 Å². The molecule has 0 unspecified atom stereocenters. The number of Topliss-reactive ketones (excluding diaryl/α,β-unsaturated/α-hetero) is 1. The highest BCUT2D eigenvalue weighted by molar-refractivity contribution is 7.91. The van der Waals surface area contributed by atoms with Gasteiger partial charge in [-0.15, -0.1) is 0 Å². The van der Waals surface area contributed by atoms with Gasteiger partial charge in [0.05, 0.1) is 16.7 Å². The predicted molar refractivity (Wildman–Crippen MR) is 107 cm³/mol. The van der Waals surface area contributed by atoms with E-state index >= 15 is 0 Å². The van der Waals surface area contributed by atoms with Crippen LogP contribution in [-0.4, -0.2) is 32.8 Å². The Balaban J connectivity index is 1.49. The molecule has 0 aliphatic heterocycles. The smallest absolute Gasteiger partial charge is 0.179 e. The zero-order chi connectivity index (χ0) is 19.4. The zero-order valence-electron chi connectivity index (χ0n) is 15.3. The number of hydrogen-bond donors (Lipinski definition) is 0. The molecule has 4 fully saturated rings. The third-order valence-corrected chi connectivity index (χ3v) is 7.81. The number of ketones is 1. The SMILES string of the molecule is CS(=O)(=O)CC(=O)c1cc(Cl)c(OCC23CC4CC(CC(C4)C2)C3)cc1Cl. The first kappa shape index (κ1) is 19.5. The first-order valence-corrected chi connectivity index (χ1v) is 12.3. The average molecular weight is 431 g/mol. The monoisotopic (exact) mass is 430 g/mol. The van der Waals surface area contributed by atoms with Crippen molar-refractivity contribution >= 4 is 38.8 Å². The molecule has 0 saturated heterocycles. The van der Waals surface area contributed by atoms with Gasteiger partial charge in [-0.25, -0.2) is 8.42 Å². The van der Waals surface area contributed by atoms with Gasteiger partial charge in [-0.05, 0) is 62.3 Å². The maximum Gasteiger partial charge on any atom is 0.179 e. The summed E-state index contributed by atoms with van der Waals surface area (Å²) in [5.74, 6) is 1.85. The molecule has 148 valence electrons. The second-order valence-corrected chi connectivity index (χ2v) is 11.9. The van der Waals surface area contributed by atoms with E-state index < -0.39 is 21.4 Å². The maximum absolute atomic E-state index is 12.2. The lowest BCUT2D eigenvalue weighted by molar-refractivity contribution is -0.0745. The fourth-order valence-corrected chi connectivity index (χ4v) is 6.98. The Morgan fingerprint density at radius 1 is 1.07 bits per heavy atom. The second kappa shape index (κ2) is 6.93. The molecule has 5 rings (SSSR count). The molecule has 4 aliphatic rings. The van der Waals surface area contributed by atoms with Crippen molar-refractivity contribution < 1.29 is 17.9 Å². The lowest BCUT2D eigenvalue weighted by Crippen LogP contribution is -2.48. The highest BCUT2D eigenvalue weighted by Gasteiger charge is 2.51. The molecule has 0 atom stereocenters. The highest BCUT2D eigenvalue weighted by Crippen LogP contribution is 2.60. The molecule has 1 aromatic carbocycles. The minimum absolute atomic E-state index is 0.120. The normalized spacial score (nSPS) is 31.9. The van der Waals surface area contributed by atoms with Crippen molar-refractivity contribution in [3.8, 4) is 5.75 Å². The number of carbonyl (C=O) groups excluding carboxylic acids is 1. The van der Waals surface area contributed by atoms with Crippen LogP contribution in [0.3, 0.4) is 0 Å². The lowest BCUT2D eigenvalue weighted by Gasteiger charge is -2.56. The van der Waals surface area contributed by atoms with Crippen LogP contribution in [0.2, 0.25) is 10.0 Å². The quantitative estimate of drug-likeness (QED) is 0.607. The van der Waals surface area contributed by atoms with E-state index in [0.717, 1.165) is 24.0 Å². The van der Waals surface area contributed by atoms with E-state index in [9.17, 15) is 13.2 Å². The number of ether oxygens (including phenoxy) is 1. The van der Waals surface area contributed by atoms with Gasteiger partial charge >= 0.3 is 0 Å². The minimum Gasteiger partial charge on any atom is -0.491 e. The molecule has 4 nitrogen and oxygen atoms in total. The number of rotatable bonds is 6. The van der Waals surface area contributed by atoms with Crippen LogP contribution < -0.4 is 4.74 Å². The van der Waals surface area contributed by atoms with Crippen LogP contribution in [-0.2, 0) is 9.84 Å². The molecule has 27 heavy (non-hydrogen) atoms. The van der Waals surface area contributed by atoms with Gasteiger partial charge in [0, 0.05) is 23.3 Å². The summed E-state index contributed by atoms with van der Waals surface area (Å²) in [7, 11) is -3.43. The Morgan fingerprint density at radius 2 is 1.63 bits per heavy atom. The van der Waals surface area contributed by atoms with Crippen LogP contribution >= 0.6 is 23.2 Å². The average Bonchev–Trinajstić information content (AvgIpc) is 2.52. The molecule has 0 N–H and O–H groups in total. The second-order valence-electron chi connectivity index (χ2n) is 8.96. The Morgan fingerprint density at radius 3 is 2.15 bits per heavy atom. The number of hydrogen-bond acceptors (Lipinski definition) is 4. The van der Waals surface area contributed by atoms with E-state index in [2.05, 4.69) is 0 Å². The lowest BCUT2D eigenvalue weighted by atomic mass is 9.50. The third-order valence-electron chi connectivity index (χ3n) is 6.41. The topological polar surface area (TPSA) is 60.4 Å². The highest BCUT2D eigenvalue weighted by atomic mass is 35.5. The summed E-state index contributed by atoms with van der Waals surface area (Å²) in [5, 5.41) is 0.467. The minimum atomic E-state index is -3.43. The van der Waals surface area contributed by atoms with Crippen molar-refractivity contribution in [1.82, 2.24) is 0 Å². The van der Waals surface area contributed by atoms with Crippen molar-refractivity contribution in [3.63, 3.8) is 0 Å². The van der Waals surface area contributed by atoms with Gasteiger partial charge in [-0.3, -0.25) is 4.79 Å². The Kier molecular flexibility index (Phi) is 5.01. The molecule has 0 amide bonds. The molecule has 4 bridgehead atoms. The third kappa shape index (κ3) is 4.15. The maximum atomic E-state index is 12.2. The summed E-state index contributed by atoms with van der Waals surface area (Å²) in [6.07, 6.45) is 8.85. The predicted octanol–water partition coefficient (Wildman–Crippen LogP) is 4.82. The van der Waals surface area contributed by atoms with E-state index in [-0.39, 0.29) is 16.0 Å². The summed E-state index contributed by atoms with van der Waals surface area (Å²) < 4.78 is 28.8. The van der Waals surface area contributed by atoms with Crippen molar-refractivity contribution in [1.29, 1.82) is 0 Å². The van der Waals surface area contributed by atoms with Gasteiger partial charge in [-0.2, -0.15) is 0 Å². The van der Waals surface area contributed by atoms with E-state index in [1.165, 1.54) is 44.6 Å². The van der Waals surface area contributed by atoms with Crippen molar-refractivity contribution in [2.45, 2.75) is 38.5 Å². The van der Waals surface area contributed by atoms with Gasteiger partial charge in [-0.1, -0.05) is 23.2 Å². The van der Waals surface area contributed by atoms with E-state index in [4.69, 9.17) is 27.9 Å². The van der Waals surface area contributed by atoms with Crippen LogP contribution in [0.15, 0.2) is 12.1 Å². The Bertz CT molecular complexity index is 843. The molecule has 4 saturated carbocycles. The number of benzene rings is 1. The molecular weight excluding hydrogens is 407 g/mol. The van der Waals surface area contributed by atoms with Crippen LogP contribution in [0.25, 0.3) is 0 Å². The van der Waals surface area contributed by atoms with Crippen LogP contribution in [0.4, 0.5) is 0 Å². The summed E-state index contributed by atoms with van der Waals surface area (Å²) in [5.41, 5.74) is 0.365. The van der Waals surface area contributed by atoms with Gasteiger partial charge in [0.25, 0.3) is 0 Å². The number of carbonyl (C=O) groups is 1. The van der Waals surface area contributed by atoms with Gasteiger partial charge in [0.2, 0.25) is 0 Å². The van der Waals surface area contributed by atoms with E-state index in [0.29, 0.717) is 17.4 Å². The fraction of sp³-hybridized carbons (Fsp3) is 0.650. The molecule has 0 heterocycles. The first-order chi connectivity index (χ1) is 12.6. The summed E-state index contributed by atoms with van der Waals surface area (Å²) in [4.78, 5) is 12.2. The van der Waals surface area contributed by atoms with E-state index in [1.807, 2.05) is 0 Å². The van der Waals surface area contributed by atoms with Crippen LogP contribution in [0.1, 0.15) is 48.9 Å². The van der Waals surface area contributed by atoms with Crippen LogP contribution in [0.5, 0.6) is 5.75 Å². The summed E-state index contributed by atoms with van der Waals surface area (Å²) >= 11 is 12.5. The number of halogens is 2. The molecule has 4 aliphatic carbocycles. The van der Waals surface area contributed by atoms with Crippen LogP contribution in [0, 0.1) is 23.2 Å². The largest absolute Gasteiger partial charge is 0.491 e. The Labute approximate surface area is 170 Å². The Hall–Kier alpha value is -0.780. The van der Waals surface area contributed by atoms with Crippen molar-refractivity contribution in [3.05, 3.63) is 27.7 Å². The van der Waals surface area contributed by atoms with Gasteiger partial charge in [0.15, 0.2) is 15.6 Å². The van der Waals surface area contributed by atoms with Crippen molar-refractivity contribution in [2.24, 2.45) is 23.2 Å². The molecule has 1 aromatic rings. The summed E-state index contributed by atoms with van der Waals surface area (Å²) in [6, 6.07) is 2.96.